The van der Waals surface area contributed by atoms with Crippen LogP contribution in [0, 0.1) is 0 Å². The van der Waals surface area contributed by atoms with Crippen molar-refractivity contribution in [1.82, 2.24) is 20.1 Å². The van der Waals surface area contributed by atoms with Crippen molar-refractivity contribution in [2.75, 3.05) is 27.4 Å². The first-order valence-corrected chi connectivity index (χ1v) is 11.9. The van der Waals surface area contributed by atoms with E-state index in [0.717, 1.165) is 47.2 Å². The molecule has 0 aliphatic carbocycles. The topological polar surface area (TPSA) is 92.5 Å². The lowest BCUT2D eigenvalue weighted by molar-refractivity contribution is 0.0644. The van der Waals surface area contributed by atoms with Crippen LogP contribution in [0.2, 0.25) is 0 Å². The van der Waals surface area contributed by atoms with E-state index in [1.54, 1.807) is 26.5 Å². The van der Waals surface area contributed by atoms with Crippen molar-refractivity contribution in [1.29, 1.82) is 0 Å². The maximum Gasteiger partial charge on any atom is 0.272 e. The quantitative estimate of drug-likeness (QED) is 0.387. The summed E-state index contributed by atoms with van der Waals surface area (Å²) in [6.45, 7) is 3.11. The van der Waals surface area contributed by atoms with Crippen LogP contribution in [0.4, 0.5) is 0 Å². The standard InChI is InChI=1S/C27H30N4O4/c1-4-35-26-15-21-17(13-25(26)34-3)10-12-31(27(32)23-9-11-29-30-23)24(21)8-5-18-16-28-22-7-6-19(33-2)14-20(18)22/h6-7,9,11,13-16,24,28H,4-5,8,10,12H2,1-3H3,(H,29,30). The molecule has 5 rings (SSSR count). The van der Waals surface area contributed by atoms with E-state index in [0.29, 0.717) is 24.6 Å². The molecule has 0 fully saturated rings. The van der Waals surface area contributed by atoms with Gasteiger partial charge in [-0.3, -0.25) is 9.89 Å². The Morgan fingerprint density at radius 2 is 2.03 bits per heavy atom. The Bertz CT molecular complexity index is 1330. The van der Waals surface area contributed by atoms with E-state index >= 15 is 0 Å². The predicted octanol–water partition coefficient (Wildman–Crippen LogP) is 4.68. The van der Waals surface area contributed by atoms with E-state index in [-0.39, 0.29) is 11.9 Å². The number of hydrogen-bond acceptors (Lipinski definition) is 5. The van der Waals surface area contributed by atoms with E-state index in [2.05, 4.69) is 33.5 Å². The number of carbonyl (C=O) groups excluding carboxylic acids is 1. The molecule has 1 amide bonds. The summed E-state index contributed by atoms with van der Waals surface area (Å²) >= 11 is 0. The van der Waals surface area contributed by atoms with Crippen LogP contribution in [0.1, 0.15) is 46.6 Å². The molecule has 8 heteroatoms. The van der Waals surface area contributed by atoms with Crippen LogP contribution in [0.5, 0.6) is 17.2 Å². The number of amides is 1. The van der Waals surface area contributed by atoms with Crippen LogP contribution < -0.4 is 14.2 Å². The fourth-order valence-electron chi connectivity index (χ4n) is 5.00. The highest BCUT2D eigenvalue weighted by molar-refractivity contribution is 5.92. The number of carbonyl (C=O) groups is 1. The minimum absolute atomic E-state index is 0.0486. The van der Waals surface area contributed by atoms with Gasteiger partial charge in [-0.05, 0) is 79.3 Å². The average Bonchev–Trinajstić information content (AvgIpc) is 3.56. The zero-order chi connectivity index (χ0) is 24.4. The molecule has 2 aromatic heterocycles. The number of benzene rings is 2. The van der Waals surface area contributed by atoms with Gasteiger partial charge >= 0.3 is 0 Å². The van der Waals surface area contributed by atoms with E-state index in [9.17, 15) is 4.79 Å². The number of nitrogens with zero attached hydrogens (tertiary/aromatic N) is 2. The zero-order valence-corrected chi connectivity index (χ0v) is 20.3. The summed E-state index contributed by atoms with van der Waals surface area (Å²) in [6, 6.07) is 11.8. The number of rotatable bonds is 8. The smallest absolute Gasteiger partial charge is 0.272 e. The van der Waals surface area contributed by atoms with Gasteiger partial charge in [0, 0.05) is 29.8 Å². The number of aromatic amines is 2. The maximum absolute atomic E-state index is 13.4. The second kappa shape index (κ2) is 9.74. The summed E-state index contributed by atoms with van der Waals surface area (Å²) in [6.07, 6.45) is 5.96. The van der Waals surface area contributed by atoms with Crippen LogP contribution >= 0.6 is 0 Å². The number of H-pyrrole nitrogens is 2. The van der Waals surface area contributed by atoms with Crippen LogP contribution in [-0.4, -0.2) is 53.4 Å². The predicted molar refractivity (Wildman–Crippen MR) is 133 cm³/mol. The molecule has 182 valence electrons. The van der Waals surface area contributed by atoms with Gasteiger partial charge in [0.05, 0.1) is 26.9 Å². The Labute approximate surface area is 204 Å². The monoisotopic (exact) mass is 474 g/mol. The summed E-state index contributed by atoms with van der Waals surface area (Å²) in [5, 5.41) is 7.95. The largest absolute Gasteiger partial charge is 0.497 e. The van der Waals surface area contributed by atoms with Gasteiger partial charge in [-0.2, -0.15) is 5.10 Å². The van der Waals surface area contributed by atoms with Crippen LogP contribution in [-0.2, 0) is 12.8 Å². The van der Waals surface area contributed by atoms with Gasteiger partial charge in [0.2, 0.25) is 0 Å². The molecule has 2 aromatic carbocycles. The highest BCUT2D eigenvalue weighted by atomic mass is 16.5. The van der Waals surface area contributed by atoms with Crippen molar-refractivity contribution >= 4 is 16.8 Å². The Hall–Kier alpha value is -3.94. The first-order chi connectivity index (χ1) is 17.1. The van der Waals surface area contributed by atoms with Crippen molar-refractivity contribution in [2.24, 2.45) is 0 Å². The number of aryl methyl sites for hydroxylation is 1. The summed E-state index contributed by atoms with van der Waals surface area (Å²) < 4.78 is 16.9. The molecule has 3 heterocycles. The third-order valence-corrected chi connectivity index (χ3v) is 6.74. The summed E-state index contributed by atoms with van der Waals surface area (Å²) in [5.41, 5.74) is 5.04. The third-order valence-electron chi connectivity index (χ3n) is 6.74. The minimum atomic E-state index is -0.116. The molecule has 1 unspecified atom stereocenters. The van der Waals surface area contributed by atoms with E-state index in [1.807, 2.05) is 30.0 Å². The molecule has 0 spiro atoms. The lowest BCUT2D eigenvalue weighted by Gasteiger charge is -2.38. The van der Waals surface area contributed by atoms with Crippen molar-refractivity contribution in [2.45, 2.75) is 32.2 Å². The third kappa shape index (κ3) is 4.32. The Morgan fingerprint density at radius 1 is 1.14 bits per heavy atom. The molecule has 0 saturated carbocycles. The molecule has 1 aliphatic heterocycles. The lowest BCUT2D eigenvalue weighted by atomic mass is 9.88. The number of hydrogen-bond donors (Lipinski definition) is 2. The molecule has 0 bridgehead atoms. The summed E-state index contributed by atoms with van der Waals surface area (Å²) in [5.74, 6) is 2.20. The van der Waals surface area contributed by atoms with Crippen LogP contribution in [0.15, 0.2) is 48.8 Å². The van der Waals surface area contributed by atoms with E-state index < -0.39 is 0 Å². The Morgan fingerprint density at radius 3 is 2.77 bits per heavy atom. The number of fused-ring (bicyclic) bond motifs is 2. The number of nitrogens with one attached hydrogen (secondary N) is 2. The van der Waals surface area contributed by atoms with Gasteiger partial charge in [-0.15, -0.1) is 0 Å². The molecule has 2 N–H and O–H groups in total. The molecule has 1 aliphatic rings. The average molecular weight is 475 g/mol. The molecule has 1 atom stereocenters. The fraction of sp³-hybridized carbons (Fsp3) is 0.333. The van der Waals surface area contributed by atoms with Crippen molar-refractivity contribution in [3.8, 4) is 17.2 Å². The van der Waals surface area contributed by atoms with Gasteiger partial charge in [0.1, 0.15) is 11.4 Å². The number of aromatic nitrogens is 3. The molecule has 35 heavy (non-hydrogen) atoms. The zero-order valence-electron chi connectivity index (χ0n) is 20.3. The van der Waals surface area contributed by atoms with Crippen molar-refractivity contribution in [3.05, 3.63) is 71.2 Å². The van der Waals surface area contributed by atoms with Gasteiger partial charge in [-0.25, -0.2) is 0 Å². The maximum atomic E-state index is 13.4. The van der Waals surface area contributed by atoms with Crippen LogP contribution in [0.25, 0.3) is 10.9 Å². The number of methoxy groups -OCH3 is 2. The van der Waals surface area contributed by atoms with Gasteiger partial charge < -0.3 is 24.1 Å². The van der Waals surface area contributed by atoms with Crippen molar-refractivity contribution < 1.29 is 19.0 Å². The Kier molecular flexibility index (Phi) is 6.35. The molecular formula is C27H30N4O4. The highest BCUT2D eigenvalue weighted by Gasteiger charge is 2.33. The van der Waals surface area contributed by atoms with Gasteiger partial charge in [0.25, 0.3) is 5.91 Å². The highest BCUT2D eigenvalue weighted by Crippen LogP contribution is 2.41. The summed E-state index contributed by atoms with van der Waals surface area (Å²) in [7, 11) is 3.33. The van der Waals surface area contributed by atoms with E-state index in [1.165, 1.54) is 11.1 Å². The van der Waals surface area contributed by atoms with Crippen LogP contribution in [0.3, 0.4) is 0 Å². The first-order valence-electron chi connectivity index (χ1n) is 11.9. The fourth-order valence-corrected chi connectivity index (χ4v) is 5.00. The molecule has 4 aromatic rings. The lowest BCUT2D eigenvalue weighted by Crippen LogP contribution is -2.40. The van der Waals surface area contributed by atoms with Gasteiger partial charge in [-0.1, -0.05) is 0 Å². The van der Waals surface area contributed by atoms with Crippen molar-refractivity contribution in [3.63, 3.8) is 0 Å². The second-order valence-electron chi connectivity index (χ2n) is 8.63. The van der Waals surface area contributed by atoms with E-state index in [4.69, 9.17) is 14.2 Å². The first kappa shape index (κ1) is 22.8. The minimum Gasteiger partial charge on any atom is -0.497 e. The Balaban J connectivity index is 1.52. The molecule has 8 nitrogen and oxygen atoms in total. The normalized spacial score (nSPS) is 15.2. The number of ether oxygens (including phenoxy) is 3. The SMILES string of the molecule is CCOc1cc2c(cc1OC)CCN(C(=O)c1ccn[nH]1)C2CCc1c[nH]c2ccc(OC)cc12. The molecule has 0 radical (unpaired) electrons. The second-order valence-corrected chi connectivity index (χ2v) is 8.63. The van der Waals surface area contributed by atoms with Gasteiger partial charge in [0.15, 0.2) is 11.5 Å². The molecular weight excluding hydrogens is 444 g/mol. The molecule has 0 saturated heterocycles. The summed E-state index contributed by atoms with van der Waals surface area (Å²) in [4.78, 5) is 18.8.